The van der Waals surface area contributed by atoms with Gasteiger partial charge in [-0.3, -0.25) is 0 Å². The fourth-order valence-electron chi connectivity index (χ4n) is 1.76. The van der Waals surface area contributed by atoms with E-state index in [-0.39, 0.29) is 11.9 Å². The topological polar surface area (TPSA) is 76.4 Å². The van der Waals surface area contributed by atoms with Crippen LogP contribution >= 0.6 is 0 Å². The zero-order valence-electron chi connectivity index (χ0n) is 9.27. The normalized spacial score (nSPS) is 13.5. The van der Waals surface area contributed by atoms with Crippen LogP contribution in [-0.2, 0) is 0 Å². The van der Waals surface area contributed by atoms with E-state index in [1.807, 2.05) is 41.1 Å². The monoisotopic (exact) mass is 230 g/mol. The molecule has 0 amide bonds. The summed E-state index contributed by atoms with van der Waals surface area (Å²) < 4.78 is 1.94. The Kier molecular flexibility index (Phi) is 3.40. The van der Waals surface area contributed by atoms with Crippen molar-refractivity contribution in [3.63, 3.8) is 0 Å². The highest BCUT2D eigenvalue weighted by Gasteiger charge is 2.14. The number of hydrogen-bond donors (Lipinski definition) is 2. The molecule has 0 aliphatic heterocycles. The molecule has 1 aromatic heterocycles. The number of nitrogens with zero attached hydrogens (tertiary/aromatic N) is 3. The largest absolute Gasteiger partial charge is 0.409 e. The molecule has 3 N–H and O–H groups in total. The molecule has 1 unspecified atom stereocenters. The van der Waals surface area contributed by atoms with Gasteiger partial charge in [0.1, 0.15) is 5.84 Å². The third-order valence-electron chi connectivity index (χ3n) is 2.60. The second-order valence-electron chi connectivity index (χ2n) is 3.73. The molecular formula is C12H14N4O. The highest BCUT2D eigenvalue weighted by Crippen LogP contribution is 2.21. The molecule has 5 nitrogen and oxygen atoms in total. The van der Waals surface area contributed by atoms with Crippen LogP contribution in [-0.4, -0.2) is 20.6 Å². The van der Waals surface area contributed by atoms with Gasteiger partial charge in [-0.2, -0.15) is 0 Å². The molecule has 1 atom stereocenters. The summed E-state index contributed by atoms with van der Waals surface area (Å²) in [6, 6.07) is 9.90. The average Bonchev–Trinajstić information content (AvgIpc) is 2.90. The van der Waals surface area contributed by atoms with Gasteiger partial charge in [-0.25, -0.2) is 4.98 Å². The first-order chi connectivity index (χ1) is 8.31. The summed E-state index contributed by atoms with van der Waals surface area (Å²) in [5.74, 6) is 0.201. The minimum Gasteiger partial charge on any atom is -0.409 e. The minimum atomic E-state index is -0.00500. The number of nitrogens with two attached hydrogens (primary N) is 1. The van der Waals surface area contributed by atoms with Crippen LogP contribution in [0.5, 0.6) is 0 Å². The Morgan fingerprint density at radius 3 is 2.76 bits per heavy atom. The summed E-state index contributed by atoms with van der Waals surface area (Å²) in [6.45, 7) is 0. The van der Waals surface area contributed by atoms with Crippen molar-refractivity contribution in [3.8, 4) is 0 Å². The Morgan fingerprint density at radius 2 is 2.18 bits per heavy atom. The maximum absolute atomic E-state index is 8.67. The molecule has 0 saturated heterocycles. The van der Waals surface area contributed by atoms with E-state index in [1.165, 1.54) is 0 Å². The SMILES string of the molecule is NC(CC(c1ccccc1)n1ccnc1)=NO. The molecule has 0 fully saturated rings. The van der Waals surface area contributed by atoms with E-state index in [9.17, 15) is 0 Å². The van der Waals surface area contributed by atoms with E-state index in [0.29, 0.717) is 6.42 Å². The number of aromatic nitrogens is 2. The number of oxime groups is 1. The number of rotatable bonds is 4. The van der Waals surface area contributed by atoms with Crippen molar-refractivity contribution in [2.75, 3.05) is 0 Å². The van der Waals surface area contributed by atoms with Crippen molar-refractivity contribution in [1.82, 2.24) is 9.55 Å². The Balaban J connectivity index is 2.31. The molecule has 0 aliphatic rings. The van der Waals surface area contributed by atoms with Crippen molar-refractivity contribution < 1.29 is 5.21 Å². The predicted molar refractivity (Wildman–Crippen MR) is 64.8 cm³/mol. The van der Waals surface area contributed by atoms with Gasteiger partial charge in [0.25, 0.3) is 0 Å². The van der Waals surface area contributed by atoms with Crippen LogP contribution in [0.3, 0.4) is 0 Å². The summed E-state index contributed by atoms with van der Waals surface area (Å²) >= 11 is 0. The van der Waals surface area contributed by atoms with Gasteiger partial charge in [0, 0.05) is 18.8 Å². The number of hydrogen-bond acceptors (Lipinski definition) is 3. The van der Waals surface area contributed by atoms with E-state index in [0.717, 1.165) is 5.56 Å². The van der Waals surface area contributed by atoms with Crippen LogP contribution in [0.2, 0.25) is 0 Å². The molecular weight excluding hydrogens is 216 g/mol. The van der Waals surface area contributed by atoms with Gasteiger partial charge in [0.15, 0.2) is 0 Å². The van der Waals surface area contributed by atoms with Crippen LogP contribution in [0.15, 0.2) is 54.2 Å². The van der Waals surface area contributed by atoms with E-state index in [2.05, 4.69) is 10.1 Å². The van der Waals surface area contributed by atoms with Crippen molar-refractivity contribution in [2.24, 2.45) is 10.9 Å². The van der Waals surface area contributed by atoms with Crippen LogP contribution < -0.4 is 5.73 Å². The Morgan fingerprint density at radius 1 is 1.41 bits per heavy atom. The summed E-state index contributed by atoms with van der Waals surface area (Å²) in [6.07, 6.45) is 5.74. The Bertz CT molecular complexity index is 478. The lowest BCUT2D eigenvalue weighted by molar-refractivity contribution is 0.316. The van der Waals surface area contributed by atoms with Gasteiger partial charge in [-0.1, -0.05) is 35.5 Å². The smallest absolute Gasteiger partial charge is 0.141 e. The lowest BCUT2D eigenvalue weighted by atomic mass is 10.0. The molecule has 0 aliphatic carbocycles. The lowest BCUT2D eigenvalue weighted by Crippen LogP contribution is -2.20. The second kappa shape index (κ2) is 5.16. The van der Waals surface area contributed by atoms with Crippen LogP contribution in [0.25, 0.3) is 0 Å². The van der Waals surface area contributed by atoms with Crippen LogP contribution in [0, 0.1) is 0 Å². The van der Waals surface area contributed by atoms with Crippen molar-refractivity contribution in [3.05, 3.63) is 54.6 Å². The number of amidine groups is 1. The Labute approximate surface area is 99.2 Å². The van der Waals surface area contributed by atoms with E-state index in [1.54, 1.807) is 12.5 Å². The summed E-state index contributed by atoms with van der Waals surface area (Å²) in [5, 5.41) is 11.7. The van der Waals surface area contributed by atoms with Gasteiger partial charge < -0.3 is 15.5 Å². The number of benzene rings is 1. The van der Waals surface area contributed by atoms with Crippen LogP contribution in [0.1, 0.15) is 18.0 Å². The molecule has 17 heavy (non-hydrogen) atoms. The molecule has 0 radical (unpaired) electrons. The molecule has 5 heteroatoms. The van der Waals surface area contributed by atoms with Crippen molar-refractivity contribution in [2.45, 2.75) is 12.5 Å². The summed E-state index contributed by atoms with van der Waals surface area (Å²) in [5.41, 5.74) is 6.68. The molecule has 88 valence electrons. The maximum atomic E-state index is 8.67. The lowest BCUT2D eigenvalue weighted by Gasteiger charge is -2.18. The molecule has 0 spiro atoms. The zero-order valence-corrected chi connectivity index (χ0v) is 9.27. The van der Waals surface area contributed by atoms with Crippen molar-refractivity contribution in [1.29, 1.82) is 0 Å². The van der Waals surface area contributed by atoms with E-state index >= 15 is 0 Å². The van der Waals surface area contributed by atoms with Gasteiger partial charge in [0.05, 0.1) is 12.4 Å². The van der Waals surface area contributed by atoms with Gasteiger partial charge in [0.2, 0.25) is 0 Å². The predicted octanol–water partition coefficient (Wildman–Crippen LogP) is 1.61. The van der Waals surface area contributed by atoms with Crippen LogP contribution in [0.4, 0.5) is 0 Å². The molecule has 2 rings (SSSR count). The summed E-state index contributed by atoms with van der Waals surface area (Å²) in [4.78, 5) is 4.02. The Hall–Kier alpha value is -2.30. The number of imidazole rings is 1. The highest BCUT2D eigenvalue weighted by atomic mass is 16.4. The fourth-order valence-corrected chi connectivity index (χ4v) is 1.76. The maximum Gasteiger partial charge on any atom is 0.141 e. The second-order valence-corrected chi connectivity index (χ2v) is 3.73. The molecule has 1 heterocycles. The summed E-state index contributed by atoms with van der Waals surface area (Å²) in [7, 11) is 0. The fraction of sp³-hybridized carbons (Fsp3) is 0.167. The highest BCUT2D eigenvalue weighted by molar-refractivity contribution is 5.80. The average molecular weight is 230 g/mol. The first kappa shape index (κ1) is 11.2. The van der Waals surface area contributed by atoms with Gasteiger partial charge in [-0.15, -0.1) is 0 Å². The quantitative estimate of drug-likeness (QED) is 0.362. The van der Waals surface area contributed by atoms with Gasteiger partial charge >= 0.3 is 0 Å². The van der Waals surface area contributed by atoms with Crippen molar-refractivity contribution >= 4 is 5.84 Å². The third-order valence-corrected chi connectivity index (χ3v) is 2.60. The minimum absolute atomic E-state index is 0.00500. The molecule has 0 bridgehead atoms. The van der Waals surface area contributed by atoms with E-state index < -0.39 is 0 Å². The van der Waals surface area contributed by atoms with Gasteiger partial charge in [-0.05, 0) is 5.56 Å². The third kappa shape index (κ3) is 2.63. The first-order valence-corrected chi connectivity index (χ1v) is 5.30. The molecule has 0 saturated carbocycles. The molecule has 2 aromatic rings. The molecule has 1 aromatic carbocycles. The zero-order chi connectivity index (χ0) is 12.1. The first-order valence-electron chi connectivity index (χ1n) is 5.30. The van der Waals surface area contributed by atoms with E-state index in [4.69, 9.17) is 10.9 Å². The standard InChI is InChI=1S/C12H14N4O/c13-12(15-17)8-11(16-7-6-14-9-16)10-4-2-1-3-5-10/h1-7,9,11,17H,8H2,(H2,13,15).